The van der Waals surface area contributed by atoms with Gasteiger partial charge >= 0.3 is 5.97 Å². The molecular formula is C18H14N2O4. The van der Waals surface area contributed by atoms with Crippen LogP contribution in [0.2, 0.25) is 0 Å². The van der Waals surface area contributed by atoms with Crippen LogP contribution in [-0.2, 0) is 20.9 Å². The van der Waals surface area contributed by atoms with Gasteiger partial charge in [0.1, 0.15) is 12.4 Å². The fourth-order valence-corrected chi connectivity index (χ4v) is 2.28. The summed E-state index contributed by atoms with van der Waals surface area (Å²) in [5.41, 5.74) is 1.89. The number of nitrogens with one attached hydrogen (secondary N) is 1. The van der Waals surface area contributed by atoms with Crippen molar-refractivity contribution in [2.75, 3.05) is 5.32 Å². The number of nitriles is 1. The van der Waals surface area contributed by atoms with Gasteiger partial charge in [0.2, 0.25) is 0 Å². The Labute approximate surface area is 138 Å². The number of hydrogen-bond acceptors (Lipinski definition) is 5. The zero-order valence-corrected chi connectivity index (χ0v) is 12.7. The molecule has 3 rings (SSSR count). The number of fused-ring (bicyclic) bond motifs is 1. The normalized spacial score (nSPS) is 15.5. The van der Waals surface area contributed by atoms with Gasteiger partial charge in [0, 0.05) is 0 Å². The number of amides is 1. The van der Waals surface area contributed by atoms with Crippen molar-refractivity contribution in [3.05, 3.63) is 59.7 Å². The highest BCUT2D eigenvalue weighted by Crippen LogP contribution is 2.29. The molecule has 0 unspecified atom stereocenters. The molecule has 0 radical (unpaired) electrons. The molecule has 0 fully saturated rings. The Morgan fingerprint density at radius 2 is 1.96 bits per heavy atom. The second-order valence-electron chi connectivity index (χ2n) is 5.27. The van der Waals surface area contributed by atoms with E-state index < -0.39 is 12.1 Å². The van der Waals surface area contributed by atoms with Crippen LogP contribution in [0.1, 0.15) is 17.5 Å². The lowest BCUT2D eigenvalue weighted by molar-refractivity contribution is -0.149. The summed E-state index contributed by atoms with van der Waals surface area (Å²) in [6.45, 7) is 0.0788. The number of esters is 1. The van der Waals surface area contributed by atoms with Crippen molar-refractivity contribution in [1.82, 2.24) is 0 Å². The van der Waals surface area contributed by atoms with Gasteiger partial charge in [-0.2, -0.15) is 5.26 Å². The third-order valence-corrected chi connectivity index (χ3v) is 3.54. The Morgan fingerprint density at radius 1 is 1.21 bits per heavy atom. The third kappa shape index (κ3) is 3.52. The van der Waals surface area contributed by atoms with Crippen LogP contribution in [0.25, 0.3) is 0 Å². The summed E-state index contributed by atoms with van der Waals surface area (Å²) in [6, 6.07) is 15.8. The number of anilines is 1. The lowest BCUT2D eigenvalue weighted by Gasteiger charge is -2.25. The van der Waals surface area contributed by atoms with E-state index in [-0.39, 0.29) is 18.9 Å². The summed E-state index contributed by atoms with van der Waals surface area (Å²) in [4.78, 5) is 23.9. The lowest BCUT2D eigenvalue weighted by atomic mass is 10.1. The number of nitrogens with zero attached hydrogens (tertiary/aromatic N) is 1. The maximum atomic E-state index is 12.0. The predicted octanol–water partition coefficient (Wildman–Crippen LogP) is 2.39. The van der Waals surface area contributed by atoms with E-state index >= 15 is 0 Å². The van der Waals surface area contributed by atoms with Gasteiger partial charge in [0.15, 0.2) is 6.10 Å². The monoisotopic (exact) mass is 322 g/mol. The van der Waals surface area contributed by atoms with Crippen LogP contribution in [0.3, 0.4) is 0 Å². The largest absolute Gasteiger partial charge is 0.478 e. The van der Waals surface area contributed by atoms with Crippen molar-refractivity contribution in [2.45, 2.75) is 19.1 Å². The molecule has 0 saturated heterocycles. The molecule has 1 atom stereocenters. The van der Waals surface area contributed by atoms with Gasteiger partial charge in [0.25, 0.3) is 5.91 Å². The molecule has 0 aromatic heterocycles. The quantitative estimate of drug-likeness (QED) is 0.873. The van der Waals surface area contributed by atoms with Crippen LogP contribution in [0, 0.1) is 11.3 Å². The molecule has 1 aliphatic rings. The van der Waals surface area contributed by atoms with E-state index in [1.54, 1.807) is 48.5 Å². The number of ether oxygens (including phenoxy) is 2. The van der Waals surface area contributed by atoms with E-state index in [4.69, 9.17) is 14.7 Å². The van der Waals surface area contributed by atoms with Crippen LogP contribution in [0.4, 0.5) is 5.69 Å². The van der Waals surface area contributed by atoms with Gasteiger partial charge < -0.3 is 14.8 Å². The van der Waals surface area contributed by atoms with Crippen molar-refractivity contribution in [3.63, 3.8) is 0 Å². The minimum atomic E-state index is -0.909. The van der Waals surface area contributed by atoms with E-state index in [0.717, 1.165) is 5.56 Å². The summed E-state index contributed by atoms with van der Waals surface area (Å²) in [5.74, 6) is -0.370. The van der Waals surface area contributed by atoms with Crippen LogP contribution < -0.4 is 10.1 Å². The van der Waals surface area contributed by atoms with Crippen molar-refractivity contribution in [2.24, 2.45) is 0 Å². The highest BCUT2D eigenvalue weighted by molar-refractivity contribution is 5.99. The van der Waals surface area contributed by atoms with E-state index in [1.165, 1.54) is 0 Å². The molecule has 6 heteroatoms. The smallest absolute Gasteiger partial charge is 0.310 e. The van der Waals surface area contributed by atoms with E-state index in [1.807, 2.05) is 6.07 Å². The standard InChI is InChI=1S/C18H14N2O4/c19-10-12-5-7-13(8-6-12)11-23-17(21)9-16-18(22)20-14-3-1-2-4-15(14)24-16/h1-8,16H,9,11H2,(H,20,22)/t16-/m0/s1. The number of carbonyl (C=O) groups is 2. The number of benzene rings is 2. The van der Waals surface area contributed by atoms with Crippen LogP contribution in [-0.4, -0.2) is 18.0 Å². The van der Waals surface area contributed by atoms with E-state index in [0.29, 0.717) is 17.0 Å². The lowest BCUT2D eigenvalue weighted by Crippen LogP contribution is -2.38. The second kappa shape index (κ2) is 6.84. The summed E-state index contributed by atoms with van der Waals surface area (Å²) in [6.07, 6.45) is -1.08. The van der Waals surface area contributed by atoms with Crippen LogP contribution in [0.5, 0.6) is 5.75 Å². The highest BCUT2D eigenvalue weighted by Gasteiger charge is 2.30. The Kier molecular flexibility index (Phi) is 4.43. The summed E-state index contributed by atoms with van der Waals surface area (Å²) < 4.78 is 10.7. The Bertz CT molecular complexity index is 809. The molecule has 1 heterocycles. The van der Waals surface area contributed by atoms with Gasteiger partial charge in [-0.3, -0.25) is 9.59 Å². The predicted molar refractivity (Wildman–Crippen MR) is 85.1 cm³/mol. The SMILES string of the molecule is N#Cc1ccc(COC(=O)C[C@@H]2Oc3ccccc3NC2=O)cc1. The maximum Gasteiger partial charge on any atom is 0.310 e. The maximum absolute atomic E-state index is 12.0. The molecule has 1 aliphatic heterocycles. The van der Waals surface area contributed by atoms with Gasteiger partial charge in [-0.05, 0) is 29.8 Å². The highest BCUT2D eigenvalue weighted by atomic mass is 16.5. The fourth-order valence-electron chi connectivity index (χ4n) is 2.28. The van der Waals surface area contributed by atoms with Crippen LogP contribution in [0.15, 0.2) is 48.5 Å². The Morgan fingerprint density at radius 3 is 2.71 bits per heavy atom. The molecule has 2 aromatic rings. The van der Waals surface area contributed by atoms with Crippen molar-refractivity contribution >= 4 is 17.6 Å². The zero-order chi connectivity index (χ0) is 16.9. The number of carbonyl (C=O) groups excluding carboxylic acids is 2. The molecule has 120 valence electrons. The summed E-state index contributed by atoms with van der Waals surface area (Å²) >= 11 is 0. The van der Waals surface area contributed by atoms with Crippen molar-refractivity contribution in [3.8, 4) is 11.8 Å². The molecule has 6 nitrogen and oxygen atoms in total. The van der Waals surface area contributed by atoms with Crippen molar-refractivity contribution in [1.29, 1.82) is 5.26 Å². The molecule has 0 spiro atoms. The average Bonchev–Trinajstić information content (AvgIpc) is 2.61. The fraction of sp³-hybridized carbons (Fsp3) is 0.167. The molecule has 1 amide bonds. The first kappa shape index (κ1) is 15.6. The molecule has 0 aliphatic carbocycles. The summed E-state index contributed by atoms with van der Waals surface area (Å²) in [5, 5.41) is 11.4. The van der Waals surface area contributed by atoms with Gasteiger partial charge in [-0.1, -0.05) is 24.3 Å². The summed E-state index contributed by atoms with van der Waals surface area (Å²) in [7, 11) is 0. The van der Waals surface area contributed by atoms with Crippen molar-refractivity contribution < 1.29 is 19.1 Å². The minimum Gasteiger partial charge on any atom is -0.478 e. The van der Waals surface area contributed by atoms with Gasteiger partial charge in [0.05, 0.1) is 23.7 Å². The zero-order valence-electron chi connectivity index (χ0n) is 12.7. The molecule has 24 heavy (non-hydrogen) atoms. The third-order valence-electron chi connectivity index (χ3n) is 3.54. The minimum absolute atomic E-state index is 0.0788. The molecule has 0 saturated carbocycles. The van der Waals surface area contributed by atoms with Gasteiger partial charge in [-0.25, -0.2) is 0 Å². The first-order valence-corrected chi connectivity index (χ1v) is 7.37. The van der Waals surface area contributed by atoms with E-state index in [2.05, 4.69) is 5.32 Å². The topological polar surface area (TPSA) is 88.4 Å². The number of rotatable bonds is 4. The molecular weight excluding hydrogens is 308 g/mol. The van der Waals surface area contributed by atoms with Crippen LogP contribution >= 0.6 is 0 Å². The van der Waals surface area contributed by atoms with Gasteiger partial charge in [-0.15, -0.1) is 0 Å². The average molecular weight is 322 g/mol. The number of hydrogen-bond donors (Lipinski definition) is 1. The number of para-hydroxylation sites is 2. The first-order valence-electron chi connectivity index (χ1n) is 7.37. The van der Waals surface area contributed by atoms with E-state index in [9.17, 15) is 9.59 Å². The molecule has 2 aromatic carbocycles. The molecule has 1 N–H and O–H groups in total. The first-order chi connectivity index (χ1) is 11.7. The Hall–Kier alpha value is -3.33. The second-order valence-corrected chi connectivity index (χ2v) is 5.27. The molecule has 0 bridgehead atoms. The Balaban J connectivity index is 1.55.